The van der Waals surface area contributed by atoms with Gasteiger partial charge in [-0.1, -0.05) is 0 Å². The summed E-state index contributed by atoms with van der Waals surface area (Å²) in [6, 6.07) is 0. The average Bonchev–Trinajstić information content (AvgIpc) is 2.00. The molecule has 0 amide bonds. The molecule has 0 spiro atoms. The smallest absolute Gasteiger partial charge is 0.125 e. The molecule has 0 atom stereocenters. The fourth-order valence-electron chi connectivity index (χ4n) is 0.367. The van der Waals surface area contributed by atoms with Crippen LogP contribution in [0.4, 0.5) is 0 Å². The summed E-state index contributed by atoms with van der Waals surface area (Å²) in [6.07, 6.45) is 1.14. The largest absolute Gasteiger partial charge is 0.240 e. The molecule has 1 aromatic heterocycles. The van der Waals surface area contributed by atoms with E-state index in [0.717, 1.165) is 6.20 Å². The van der Waals surface area contributed by atoms with Crippen molar-refractivity contribution in [1.29, 1.82) is 0 Å². The van der Waals surface area contributed by atoms with E-state index < -0.39 is 19.5 Å². The Morgan fingerprint density at radius 2 is 2.56 bits per heavy atom. The lowest BCUT2D eigenvalue weighted by atomic mass is 10.4. The predicted octanol–water partition coefficient (Wildman–Crippen LogP) is 1.86. The molecule has 0 aromatic carbocycles. The van der Waals surface area contributed by atoms with E-state index in [1.165, 1.54) is 0 Å². The summed E-state index contributed by atoms with van der Waals surface area (Å²) in [4.78, 5) is 7.09. The van der Waals surface area contributed by atoms with E-state index in [0.29, 0.717) is 0 Å². The quantitative estimate of drug-likeness (QED) is 0.628. The Kier molecular flexibility index (Phi) is 0.624. The number of hydrogen-bond acceptors (Lipinski definition) is 2. The van der Waals surface area contributed by atoms with Gasteiger partial charge >= 0.3 is 0 Å². The topological polar surface area (TPSA) is 25.8 Å². The van der Waals surface area contributed by atoms with Crippen LogP contribution >= 0.6 is 15.9 Å². The van der Waals surface area contributed by atoms with Crippen molar-refractivity contribution in [2.24, 2.45) is 0 Å². The number of aryl methyl sites for hydroxylation is 2. The molecule has 2 nitrogen and oxygen atoms in total. The van der Waals surface area contributed by atoms with Gasteiger partial charge in [-0.25, -0.2) is 9.97 Å². The van der Waals surface area contributed by atoms with Crippen molar-refractivity contribution in [3.63, 3.8) is 0 Å². The monoisotopic (exact) mass is 192 g/mol. The number of rotatable bonds is 0. The summed E-state index contributed by atoms with van der Waals surface area (Å²) < 4.78 is 42.8. The molecule has 9 heavy (non-hydrogen) atoms. The van der Waals surface area contributed by atoms with E-state index in [1.807, 2.05) is 0 Å². The van der Waals surface area contributed by atoms with Crippen LogP contribution in [0.2, 0.25) is 0 Å². The third-order valence-corrected chi connectivity index (χ3v) is 1.32. The summed E-state index contributed by atoms with van der Waals surface area (Å²) in [6.45, 7) is -4.96. The molecule has 3 heteroatoms. The first-order valence-corrected chi connectivity index (χ1v) is 2.95. The van der Waals surface area contributed by atoms with Crippen LogP contribution < -0.4 is 0 Å². The average molecular weight is 193 g/mol. The summed E-state index contributed by atoms with van der Waals surface area (Å²) >= 11 is 2.96. The molecule has 0 aliphatic heterocycles. The van der Waals surface area contributed by atoms with Gasteiger partial charge in [-0.05, 0) is 29.6 Å². The van der Waals surface area contributed by atoms with Crippen molar-refractivity contribution in [2.75, 3.05) is 0 Å². The van der Waals surface area contributed by atoms with Crippen molar-refractivity contribution >= 4 is 15.9 Å². The summed E-state index contributed by atoms with van der Waals surface area (Å²) in [5.41, 5.74) is -0.288. The Morgan fingerprint density at radius 3 is 3.22 bits per heavy atom. The zero-order valence-corrected chi connectivity index (χ0v) is 5.94. The molecule has 0 aliphatic carbocycles. The number of aromatic nitrogens is 2. The Hall–Kier alpha value is -0.440. The van der Waals surface area contributed by atoms with E-state index in [1.54, 1.807) is 0 Å². The lowest BCUT2D eigenvalue weighted by Gasteiger charge is -1.94. The first-order valence-electron chi connectivity index (χ1n) is 5.16. The molecule has 0 N–H and O–H groups in total. The number of hydrogen-bond donors (Lipinski definition) is 0. The van der Waals surface area contributed by atoms with Gasteiger partial charge in [-0.2, -0.15) is 0 Å². The first-order chi connectivity index (χ1) is 6.62. The molecule has 48 valence electrons. The maximum atomic E-state index is 7.14. The van der Waals surface area contributed by atoms with Gasteiger partial charge in [0.25, 0.3) is 0 Å². The lowest BCUT2D eigenvalue weighted by molar-refractivity contribution is 0.999. The maximum Gasteiger partial charge on any atom is 0.125 e. The van der Waals surface area contributed by atoms with Crippen LogP contribution in [0.25, 0.3) is 0 Å². The number of nitrogens with zero attached hydrogens (tertiary/aromatic N) is 2. The summed E-state index contributed by atoms with van der Waals surface area (Å²) in [7, 11) is 0. The Balaban J connectivity index is 3.30. The Labute approximate surface area is 70.9 Å². The van der Waals surface area contributed by atoms with E-state index in [4.69, 9.17) is 8.22 Å². The molecule has 0 saturated carbocycles. The zero-order chi connectivity index (χ0) is 11.9. The Morgan fingerprint density at radius 1 is 1.67 bits per heavy atom. The highest BCUT2D eigenvalue weighted by molar-refractivity contribution is 9.10. The second kappa shape index (κ2) is 2.43. The van der Waals surface area contributed by atoms with Crippen LogP contribution in [0.3, 0.4) is 0 Å². The highest BCUT2D eigenvalue weighted by atomic mass is 79.9. The van der Waals surface area contributed by atoms with Crippen molar-refractivity contribution in [3.8, 4) is 0 Å². The van der Waals surface area contributed by atoms with Crippen molar-refractivity contribution in [1.82, 2.24) is 9.97 Å². The Bertz CT molecular complexity index is 371. The molecule has 0 saturated heterocycles. The predicted molar refractivity (Wildman–Crippen MR) is 39.2 cm³/mol. The van der Waals surface area contributed by atoms with Crippen molar-refractivity contribution < 1.29 is 8.22 Å². The summed E-state index contributed by atoms with van der Waals surface area (Å²) in [5, 5.41) is 0. The minimum Gasteiger partial charge on any atom is -0.240 e. The van der Waals surface area contributed by atoms with Crippen LogP contribution in [0, 0.1) is 13.7 Å². The van der Waals surface area contributed by atoms with Gasteiger partial charge in [0, 0.05) is 14.4 Å². The fraction of sp³-hybridized carbons (Fsp3) is 0.333. The van der Waals surface area contributed by atoms with Gasteiger partial charge in [0.1, 0.15) is 5.82 Å². The van der Waals surface area contributed by atoms with Crippen molar-refractivity contribution in [2.45, 2.75) is 13.7 Å². The maximum absolute atomic E-state index is 7.14. The molecule has 0 unspecified atom stereocenters. The third-order valence-electron chi connectivity index (χ3n) is 0.744. The number of halogens is 1. The van der Waals surface area contributed by atoms with Gasteiger partial charge in [-0.3, -0.25) is 0 Å². The van der Waals surface area contributed by atoms with E-state index >= 15 is 0 Å². The van der Waals surface area contributed by atoms with Crippen LogP contribution in [0.15, 0.2) is 10.7 Å². The minimum atomic E-state index is -2.50. The fourth-order valence-corrected chi connectivity index (χ4v) is 0.558. The molecule has 1 aromatic rings. The highest BCUT2D eigenvalue weighted by Crippen LogP contribution is 2.10. The SMILES string of the molecule is [2H]C([2H])([2H])c1ncc(Br)c(C([2H])([2H])[2H])n1. The highest BCUT2D eigenvalue weighted by Gasteiger charge is 1.93. The molecular weight excluding hydrogens is 180 g/mol. The normalized spacial score (nSPS) is 22.3. The molecule has 0 radical (unpaired) electrons. The van der Waals surface area contributed by atoms with Crippen molar-refractivity contribution in [3.05, 3.63) is 22.2 Å². The van der Waals surface area contributed by atoms with Crippen LogP contribution in [-0.4, -0.2) is 9.97 Å². The summed E-state index contributed by atoms with van der Waals surface area (Å²) in [5.74, 6) is -0.461. The zero-order valence-electron chi connectivity index (χ0n) is 10.3. The van der Waals surface area contributed by atoms with Crippen LogP contribution in [0.5, 0.6) is 0 Å². The second-order valence-corrected chi connectivity index (χ2v) is 2.24. The van der Waals surface area contributed by atoms with Crippen LogP contribution in [-0.2, 0) is 0 Å². The van der Waals surface area contributed by atoms with Gasteiger partial charge in [0.05, 0.1) is 10.2 Å². The molecule has 1 rings (SSSR count). The molecular formula is C6H7BrN2. The van der Waals surface area contributed by atoms with Crippen LogP contribution in [0.1, 0.15) is 19.7 Å². The second-order valence-electron chi connectivity index (χ2n) is 1.39. The van der Waals surface area contributed by atoms with Gasteiger partial charge in [0.2, 0.25) is 0 Å². The van der Waals surface area contributed by atoms with E-state index in [-0.39, 0.29) is 10.2 Å². The van der Waals surface area contributed by atoms with Gasteiger partial charge in [0.15, 0.2) is 0 Å². The molecule has 1 heterocycles. The molecule has 0 aliphatic rings. The first kappa shape index (κ1) is 2.31. The lowest BCUT2D eigenvalue weighted by Crippen LogP contribution is -1.89. The third kappa shape index (κ3) is 1.48. The van der Waals surface area contributed by atoms with Gasteiger partial charge in [-0.15, -0.1) is 0 Å². The standard InChI is InChI=1S/C6H7BrN2/c1-4-6(7)3-8-5(2)9-4/h3H,1-2H3/i1D3,2D3. The minimum absolute atomic E-state index is 0.176. The van der Waals surface area contributed by atoms with E-state index in [2.05, 4.69) is 25.9 Å². The molecule has 0 fully saturated rings. The van der Waals surface area contributed by atoms with Gasteiger partial charge < -0.3 is 0 Å². The molecule has 0 bridgehead atoms. The van der Waals surface area contributed by atoms with E-state index in [9.17, 15) is 0 Å².